The molecular weight excluding hydrogens is 240 g/mol. The lowest BCUT2D eigenvalue weighted by atomic mass is 10.2. The van der Waals surface area contributed by atoms with Crippen LogP contribution in [0.4, 0.5) is 14.6 Å². The molecule has 6 heteroatoms. The van der Waals surface area contributed by atoms with Crippen molar-refractivity contribution >= 4 is 5.82 Å². The highest BCUT2D eigenvalue weighted by Gasteiger charge is 2.12. The second-order valence-corrected chi connectivity index (χ2v) is 3.71. The second-order valence-electron chi connectivity index (χ2n) is 3.71. The zero-order valence-electron chi connectivity index (χ0n) is 9.83. The highest BCUT2D eigenvalue weighted by molar-refractivity contribution is 5.59. The van der Waals surface area contributed by atoms with Crippen molar-refractivity contribution < 1.29 is 13.9 Å². The summed E-state index contributed by atoms with van der Waals surface area (Å²) in [5.74, 6) is -1.53. The van der Waals surface area contributed by atoms with Crippen LogP contribution < -0.4 is 5.32 Å². The summed E-state index contributed by atoms with van der Waals surface area (Å²) in [6.45, 7) is 1.50. The molecule has 0 amide bonds. The van der Waals surface area contributed by atoms with E-state index in [0.29, 0.717) is 5.56 Å². The number of hydrogen-bond acceptors (Lipinski definition) is 4. The van der Waals surface area contributed by atoms with Crippen molar-refractivity contribution in [2.75, 3.05) is 12.4 Å². The Morgan fingerprint density at radius 2 is 1.94 bits per heavy atom. The summed E-state index contributed by atoms with van der Waals surface area (Å²) in [5.41, 5.74) is 0.530. The maximum Gasteiger partial charge on any atom is 0.186 e. The van der Waals surface area contributed by atoms with Crippen LogP contribution in [0.25, 0.3) is 11.4 Å². The Morgan fingerprint density at radius 1 is 1.22 bits per heavy atom. The molecule has 0 unspecified atom stereocenters. The first kappa shape index (κ1) is 12.2. The summed E-state index contributed by atoms with van der Waals surface area (Å²) in [7, 11) is 1.53. The number of phenols is 1. The van der Waals surface area contributed by atoms with E-state index in [-0.39, 0.29) is 17.3 Å². The number of rotatable bonds is 2. The van der Waals surface area contributed by atoms with Gasteiger partial charge < -0.3 is 10.4 Å². The third-order valence-corrected chi connectivity index (χ3v) is 2.46. The number of halogens is 2. The molecule has 0 atom stereocenters. The molecule has 0 bridgehead atoms. The van der Waals surface area contributed by atoms with Gasteiger partial charge in [0.25, 0.3) is 0 Å². The van der Waals surface area contributed by atoms with E-state index in [2.05, 4.69) is 15.3 Å². The summed E-state index contributed by atoms with van der Waals surface area (Å²) in [6, 6.07) is 3.76. The van der Waals surface area contributed by atoms with Crippen LogP contribution in [0.15, 0.2) is 18.2 Å². The van der Waals surface area contributed by atoms with Crippen molar-refractivity contribution in [3.63, 3.8) is 0 Å². The van der Waals surface area contributed by atoms with Crippen molar-refractivity contribution in [1.82, 2.24) is 9.97 Å². The monoisotopic (exact) mass is 251 g/mol. The third kappa shape index (κ3) is 2.09. The minimum atomic E-state index is -0.774. The average molecular weight is 251 g/mol. The molecule has 2 rings (SSSR count). The molecule has 18 heavy (non-hydrogen) atoms. The third-order valence-electron chi connectivity index (χ3n) is 2.46. The number of nitrogens with one attached hydrogen (secondary N) is 1. The predicted molar refractivity (Wildman–Crippen MR) is 63.3 cm³/mol. The van der Waals surface area contributed by atoms with Gasteiger partial charge in [-0.3, -0.25) is 0 Å². The van der Waals surface area contributed by atoms with E-state index in [4.69, 9.17) is 5.11 Å². The average Bonchev–Trinajstić information content (AvgIpc) is 2.36. The van der Waals surface area contributed by atoms with E-state index < -0.39 is 17.4 Å². The molecule has 0 aliphatic rings. The van der Waals surface area contributed by atoms with Crippen LogP contribution >= 0.6 is 0 Å². The lowest BCUT2D eigenvalue weighted by Gasteiger charge is -2.07. The molecule has 0 saturated carbocycles. The molecule has 0 fully saturated rings. The van der Waals surface area contributed by atoms with Gasteiger partial charge >= 0.3 is 0 Å². The quantitative estimate of drug-likeness (QED) is 0.860. The summed E-state index contributed by atoms with van der Waals surface area (Å²) < 4.78 is 26.8. The van der Waals surface area contributed by atoms with Gasteiger partial charge in [-0.25, -0.2) is 18.7 Å². The zero-order valence-corrected chi connectivity index (χ0v) is 9.83. The fourth-order valence-corrected chi connectivity index (χ4v) is 1.50. The lowest BCUT2D eigenvalue weighted by molar-refractivity contribution is 0.432. The van der Waals surface area contributed by atoms with Crippen LogP contribution in [0.3, 0.4) is 0 Å². The Kier molecular flexibility index (Phi) is 3.10. The Hall–Kier alpha value is -2.24. The van der Waals surface area contributed by atoms with E-state index in [1.807, 2.05) is 0 Å². The van der Waals surface area contributed by atoms with Crippen LogP contribution in [0, 0.1) is 18.6 Å². The molecule has 0 aliphatic heterocycles. The molecule has 1 aromatic carbocycles. The van der Waals surface area contributed by atoms with Crippen LogP contribution in [-0.2, 0) is 0 Å². The Bertz CT molecular complexity index is 602. The summed E-state index contributed by atoms with van der Waals surface area (Å²) in [4.78, 5) is 7.90. The minimum Gasteiger partial charge on any atom is -0.505 e. The standard InChI is InChI=1S/C12H11F2N3O/c1-6-10(14)12(15-2)17-11(16-6)7-3-4-9(18)8(13)5-7/h3-5,18H,1-2H3,(H,15,16,17). The molecule has 0 saturated heterocycles. The molecule has 1 heterocycles. The molecular formula is C12H11F2N3O. The van der Waals surface area contributed by atoms with Crippen molar-refractivity contribution in [2.45, 2.75) is 6.92 Å². The summed E-state index contributed by atoms with van der Waals surface area (Å²) in [6.07, 6.45) is 0. The maximum absolute atomic E-state index is 13.5. The summed E-state index contributed by atoms with van der Waals surface area (Å²) >= 11 is 0. The lowest BCUT2D eigenvalue weighted by Crippen LogP contribution is -2.03. The minimum absolute atomic E-state index is 0.0472. The fraction of sp³-hybridized carbons (Fsp3) is 0.167. The van der Waals surface area contributed by atoms with Gasteiger partial charge in [-0.1, -0.05) is 0 Å². The number of benzene rings is 1. The number of phenolic OH excluding ortho intramolecular Hbond substituents is 1. The first-order valence-corrected chi connectivity index (χ1v) is 5.23. The van der Waals surface area contributed by atoms with Gasteiger partial charge in [0.2, 0.25) is 0 Å². The van der Waals surface area contributed by atoms with Crippen molar-refractivity contribution in [1.29, 1.82) is 0 Å². The van der Waals surface area contributed by atoms with Crippen molar-refractivity contribution in [2.24, 2.45) is 0 Å². The second kappa shape index (κ2) is 4.56. The molecule has 0 aliphatic carbocycles. The maximum atomic E-state index is 13.5. The van der Waals surface area contributed by atoms with Crippen LogP contribution in [0.5, 0.6) is 5.75 Å². The van der Waals surface area contributed by atoms with E-state index >= 15 is 0 Å². The Labute approximate surface area is 102 Å². The number of aromatic nitrogens is 2. The van der Waals surface area contributed by atoms with Gasteiger partial charge in [0.1, 0.15) is 0 Å². The van der Waals surface area contributed by atoms with Gasteiger partial charge in [0, 0.05) is 12.6 Å². The molecule has 0 radical (unpaired) electrons. The molecule has 94 valence electrons. The fourth-order valence-electron chi connectivity index (χ4n) is 1.50. The van der Waals surface area contributed by atoms with Gasteiger partial charge in [-0.05, 0) is 25.1 Å². The number of anilines is 1. The van der Waals surface area contributed by atoms with E-state index in [1.54, 1.807) is 0 Å². The van der Waals surface area contributed by atoms with E-state index in [9.17, 15) is 8.78 Å². The first-order valence-electron chi connectivity index (χ1n) is 5.23. The molecule has 4 nitrogen and oxygen atoms in total. The van der Waals surface area contributed by atoms with E-state index in [0.717, 1.165) is 6.07 Å². The first-order chi connectivity index (χ1) is 8.52. The highest BCUT2D eigenvalue weighted by Crippen LogP contribution is 2.24. The Balaban J connectivity index is 2.57. The number of aromatic hydroxyl groups is 1. The van der Waals surface area contributed by atoms with Crippen LogP contribution in [0.1, 0.15) is 5.69 Å². The van der Waals surface area contributed by atoms with Crippen LogP contribution in [0.2, 0.25) is 0 Å². The Morgan fingerprint density at radius 3 is 2.56 bits per heavy atom. The van der Waals surface area contributed by atoms with Gasteiger partial charge in [0.15, 0.2) is 29.0 Å². The molecule has 2 aromatic rings. The highest BCUT2D eigenvalue weighted by atomic mass is 19.1. The topological polar surface area (TPSA) is 58.0 Å². The van der Waals surface area contributed by atoms with Gasteiger partial charge in [-0.15, -0.1) is 0 Å². The van der Waals surface area contributed by atoms with Crippen molar-refractivity contribution in [3.05, 3.63) is 35.5 Å². The number of hydrogen-bond donors (Lipinski definition) is 2. The SMILES string of the molecule is CNc1nc(-c2ccc(O)c(F)c2)nc(C)c1F. The number of nitrogens with zero attached hydrogens (tertiary/aromatic N) is 2. The van der Waals surface area contributed by atoms with Gasteiger partial charge in [-0.2, -0.15) is 0 Å². The van der Waals surface area contributed by atoms with E-state index in [1.165, 1.54) is 26.1 Å². The normalized spacial score (nSPS) is 10.4. The molecule has 0 spiro atoms. The molecule has 2 N–H and O–H groups in total. The zero-order chi connectivity index (χ0) is 13.3. The van der Waals surface area contributed by atoms with Crippen LogP contribution in [-0.4, -0.2) is 22.1 Å². The summed E-state index contributed by atoms with van der Waals surface area (Å²) in [5, 5.41) is 11.7. The molecule has 1 aromatic heterocycles. The number of aryl methyl sites for hydroxylation is 1. The van der Waals surface area contributed by atoms with Crippen molar-refractivity contribution in [3.8, 4) is 17.1 Å². The smallest absolute Gasteiger partial charge is 0.186 e. The predicted octanol–water partition coefficient (Wildman–Crippen LogP) is 2.48. The van der Waals surface area contributed by atoms with Gasteiger partial charge in [0.05, 0.1) is 5.69 Å². The largest absolute Gasteiger partial charge is 0.505 e.